The van der Waals surface area contributed by atoms with Crippen LogP contribution >= 0.6 is 0 Å². The SMILES string of the molecule is CC(C)(C)OC(=O)CC[C@@H](C(N)=O)C(=O)O. The molecule has 0 bridgehead atoms. The Hall–Kier alpha value is -1.59. The number of esters is 1. The van der Waals surface area contributed by atoms with Crippen molar-refractivity contribution >= 4 is 17.8 Å². The third-order valence-corrected chi connectivity index (χ3v) is 1.70. The van der Waals surface area contributed by atoms with Gasteiger partial charge in [0.25, 0.3) is 0 Å². The predicted octanol–water partition coefficient (Wildman–Crippen LogP) is 0.294. The van der Waals surface area contributed by atoms with Crippen LogP contribution in [0.5, 0.6) is 0 Å². The van der Waals surface area contributed by atoms with Gasteiger partial charge in [-0.05, 0) is 27.2 Å². The second kappa shape index (κ2) is 5.48. The lowest BCUT2D eigenvalue weighted by Crippen LogP contribution is -2.31. The highest BCUT2D eigenvalue weighted by Crippen LogP contribution is 2.12. The van der Waals surface area contributed by atoms with Crippen LogP contribution in [-0.4, -0.2) is 28.6 Å². The summed E-state index contributed by atoms with van der Waals surface area (Å²) in [6.45, 7) is 5.11. The average molecular weight is 231 g/mol. The molecule has 0 aliphatic carbocycles. The molecule has 0 heterocycles. The molecule has 1 atom stereocenters. The van der Waals surface area contributed by atoms with Crippen molar-refractivity contribution in [3.05, 3.63) is 0 Å². The van der Waals surface area contributed by atoms with Crippen LogP contribution in [-0.2, 0) is 19.1 Å². The highest BCUT2D eigenvalue weighted by molar-refractivity contribution is 5.96. The molecule has 1 amide bonds. The fourth-order valence-electron chi connectivity index (χ4n) is 1.04. The van der Waals surface area contributed by atoms with E-state index in [1.807, 2.05) is 0 Å². The highest BCUT2D eigenvalue weighted by atomic mass is 16.6. The first-order chi connectivity index (χ1) is 7.13. The summed E-state index contributed by atoms with van der Waals surface area (Å²) in [4.78, 5) is 32.6. The van der Waals surface area contributed by atoms with Gasteiger partial charge in [-0.25, -0.2) is 0 Å². The molecule has 6 nitrogen and oxygen atoms in total. The molecule has 0 saturated carbocycles. The van der Waals surface area contributed by atoms with Crippen LogP contribution in [0.3, 0.4) is 0 Å². The molecular weight excluding hydrogens is 214 g/mol. The normalized spacial score (nSPS) is 12.9. The van der Waals surface area contributed by atoms with E-state index in [4.69, 9.17) is 15.6 Å². The van der Waals surface area contributed by atoms with E-state index in [2.05, 4.69) is 0 Å². The number of carbonyl (C=O) groups excluding carboxylic acids is 2. The lowest BCUT2D eigenvalue weighted by molar-refractivity contribution is -0.155. The van der Waals surface area contributed by atoms with E-state index in [9.17, 15) is 14.4 Å². The quantitative estimate of drug-likeness (QED) is 0.522. The number of hydrogen-bond acceptors (Lipinski definition) is 4. The lowest BCUT2D eigenvalue weighted by Gasteiger charge is -2.19. The number of primary amides is 1. The van der Waals surface area contributed by atoms with Crippen molar-refractivity contribution in [2.24, 2.45) is 11.7 Å². The third kappa shape index (κ3) is 6.00. The smallest absolute Gasteiger partial charge is 0.316 e. The number of aliphatic carboxylic acids is 1. The van der Waals surface area contributed by atoms with E-state index < -0.39 is 29.4 Å². The molecule has 0 unspecified atom stereocenters. The van der Waals surface area contributed by atoms with Crippen molar-refractivity contribution in [1.29, 1.82) is 0 Å². The number of carboxylic acids is 1. The Balaban J connectivity index is 4.18. The minimum atomic E-state index is -1.34. The van der Waals surface area contributed by atoms with Crippen LogP contribution in [0.1, 0.15) is 33.6 Å². The van der Waals surface area contributed by atoms with Crippen LogP contribution in [0.2, 0.25) is 0 Å². The largest absolute Gasteiger partial charge is 0.481 e. The number of rotatable bonds is 5. The zero-order valence-corrected chi connectivity index (χ0v) is 9.65. The second-order valence-corrected chi connectivity index (χ2v) is 4.42. The molecule has 0 aromatic heterocycles. The van der Waals surface area contributed by atoms with E-state index in [1.54, 1.807) is 20.8 Å². The summed E-state index contributed by atoms with van der Waals surface area (Å²) >= 11 is 0. The first-order valence-electron chi connectivity index (χ1n) is 4.87. The van der Waals surface area contributed by atoms with Crippen molar-refractivity contribution in [1.82, 2.24) is 0 Å². The average Bonchev–Trinajstić information content (AvgIpc) is 1.98. The minimum absolute atomic E-state index is 0.139. The highest BCUT2D eigenvalue weighted by Gasteiger charge is 2.25. The van der Waals surface area contributed by atoms with Gasteiger partial charge in [-0.2, -0.15) is 0 Å². The number of ether oxygens (including phenoxy) is 1. The van der Waals surface area contributed by atoms with Gasteiger partial charge in [0.15, 0.2) is 0 Å². The number of carboxylic acid groups (broad SMARTS) is 1. The summed E-state index contributed by atoms with van der Waals surface area (Å²) in [5, 5.41) is 8.64. The van der Waals surface area contributed by atoms with Gasteiger partial charge in [-0.3, -0.25) is 14.4 Å². The molecule has 0 rings (SSSR count). The molecule has 16 heavy (non-hydrogen) atoms. The van der Waals surface area contributed by atoms with Crippen LogP contribution in [0.25, 0.3) is 0 Å². The molecule has 0 radical (unpaired) electrons. The van der Waals surface area contributed by atoms with E-state index in [-0.39, 0.29) is 12.8 Å². The standard InChI is InChI=1S/C10H17NO5/c1-10(2,3)16-7(12)5-4-6(8(11)13)9(14)15/h6H,4-5H2,1-3H3,(H2,11,13)(H,14,15)/t6-/m0/s1. The molecule has 0 saturated heterocycles. The van der Waals surface area contributed by atoms with Crippen LogP contribution in [0, 0.1) is 5.92 Å². The van der Waals surface area contributed by atoms with Gasteiger partial charge < -0.3 is 15.6 Å². The molecular formula is C10H17NO5. The van der Waals surface area contributed by atoms with E-state index in [1.165, 1.54) is 0 Å². The fourth-order valence-corrected chi connectivity index (χ4v) is 1.04. The zero-order valence-electron chi connectivity index (χ0n) is 9.65. The minimum Gasteiger partial charge on any atom is -0.481 e. The Bertz CT molecular complexity index is 278. The predicted molar refractivity (Wildman–Crippen MR) is 55.4 cm³/mol. The maximum absolute atomic E-state index is 11.2. The van der Waals surface area contributed by atoms with E-state index in [0.29, 0.717) is 0 Å². The number of hydrogen-bond donors (Lipinski definition) is 2. The molecule has 0 aliphatic heterocycles. The van der Waals surface area contributed by atoms with Crippen molar-refractivity contribution in [2.45, 2.75) is 39.2 Å². The lowest BCUT2D eigenvalue weighted by atomic mass is 10.0. The summed E-state index contributed by atoms with van der Waals surface area (Å²) < 4.78 is 4.96. The second-order valence-electron chi connectivity index (χ2n) is 4.42. The number of nitrogens with two attached hydrogens (primary N) is 1. The molecule has 0 spiro atoms. The van der Waals surface area contributed by atoms with Gasteiger partial charge in [0, 0.05) is 6.42 Å². The Morgan fingerprint density at radius 2 is 1.81 bits per heavy atom. The molecule has 3 N–H and O–H groups in total. The molecule has 0 fully saturated rings. The van der Waals surface area contributed by atoms with Crippen molar-refractivity contribution in [2.75, 3.05) is 0 Å². The number of carbonyl (C=O) groups is 3. The van der Waals surface area contributed by atoms with Gasteiger partial charge in [0.05, 0.1) is 0 Å². The Labute approximate surface area is 93.8 Å². The van der Waals surface area contributed by atoms with Gasteiger partial charge >= 0.3 is 11.9 Å². The summed E-state index contributed by atoms with van der Waals surface area (Å²) in [6.07, 6.45) is -0.281. The van der Waals surface area contributed by atoms with Crippen LogP contribution in [0.4, 0.5) is 0 Å². The van der Waals surface area contributed by atoms with Gasteiger partial charge in [0.2, 0.25) is 5.91 Å². The van der Waals surface area contributed by atoms with Crippen LogP contribution < -0.4 is 5.73 Å². The summed E-state index contributed by atoms with van der Waals surface area (Å²) in [6, 6.07) is 0. The Morgan fingerprint density at radius 1 is 1.31 bits per heavy atom. The monoisotopic (exact) mass is 231 g/mol. The van der Waals surface area contributed by atoms with E-state index in [0.717, 1.165) is 0 Å². The van der Waals surface area contributed by atoms with E-state index >= 15 is 0 Å². The Kier molecular flexibility index (Phi) is 4.94. The molecule has 0 aliphatic rings. The number of amides is 1. The van der Waals surface area contributed by atoms with Gasteiger partial charge in [-0.1, -0.05) is 0 Å². The topological polar surface area (TPSA) is 107 Å². The molecule has 0 aromatic carbocycles. The Morgan fingerprint density at radius 3 is 2.12 bits per heavy atom. The van der Waals surface area contributed by atoms with Crippen molar-refractivity contribution < 1.29 is 24.2 Å². The zero-order chi connectivity index (χ0) is 12.9. The fraction of sp³-hybridized carbons (Fsp3) is 0.700. The first kappa shape index (κ1) is 14.4. The summed E-state index contributed by atoms with van der Waals surface area (Å²) in [5.74, 6) is -4.15. The first-order valence-corrected chi connectivity index (χ1v) is 4.87. The van der Waals surface area contributed by atoms with Gasteiger partial charge in [0.1, 0.15) is 11.5 Å². The summed E-state index contributed by atoms with van der Waals surface area (Å²) in [5.41, 5.74) is 4.26. The third-order valence-electron chi connectivity index (χ3n) is 1.70. The molecule has 92 valence electrons. The maximum Gasteiger partial charge on any atom is 0.316 e. The maximum atomic E-state index is 11.2. The van der Waals surface area contributed by atoms with Crippen molar-refractivity contribution in [3.8, 4) is 0 Å². The molecule has 0 aromatic rings. The van der Waals surface area contributed by atoms with Gasteiger partial charge in [-0.15, -0.1) is 0 Å². The summed E-state index contributed by atoms with van der Waals surface area (Å²) in [7, 11) is 0. The van der Waals surface area contributed by atoms with Crippen molar-refractivity contribution in [3.63, 3.8) is 0 Å². The molecule has 6 heteroatoms. The van der Waals surface area contributed by atoms with Crippen LogP contribution in [0.15, 0.2) is 0 Å².